The summed E-state index contributed by atoms with van der Waals surface area (Å²) in [5.41, 5.74) is 0.637. The number of aliphatic hydroxyl groups excluding tert-OH is 2. The molecule has 0 saturated heterocycles. The molecular weight excluding hydrogens is 348 g/mol. The Balaban J connectivity index is 1.55. The van der Waals surface area contributed by atoms with E-state index in [0.29, 0.717) is 52.1 Å². The molecule has 0 bridgehead atoms. The van der Waals surface area contributed by atoms with Crippen LogP contribution in [-0.4, -0.2) is 28.2 Å². The number of fused-ring (bicyclic) bond motifs is 5. The van der Waals surface area contributed by atoms with E-state index in [-0.39, 0.29) is 12.2 Å². The second kappa shape index (κ2) is 7.38. The average molecular weight is 391 g/mol. The van der Waals surface area contributed by atoms with Gasteiger partial charge in [0.1, 0.15) is 5.78 Å². The van der Waals surface area contributed by atoms with Gasteiger partial charge in [0.15, 0.2) is 0 Å². The summed E-state index contributed by atoms with van der Waals surface area (Å²) in [5.74, 6) is 3.81. The largest absolute Gasteiger partial charge is 0.393 e. The first-order chi connectivity index (χ1) is 13.2. The first kappa shape index (κ1) is 20.8. The summed E-state index contributed by atoms with van der Waals surface area (Å²) < 4.78 is 0. The molecule has 0 amide bonds. The van der Waals surface area contributed by atoms with Crippen molar-refractivity contribution < 1.29 is 15.0 Å². The van der Waals surface area contributed by atoms with Gasteiger partial charge in [-0.15, -0.1) is 0 Å². The predicted octanol–water partition coefficient (Wildman–Crippen LogP) is 4.98. The van der Waals surface area contributed by atoms with Crippen molar-refractivity contribution in [1.29, 1.82) is 0 Å². The molecule has 160 valence electrons. The number of carbonyl (C=O) groups is 1. The minimum absolute atomic E-state index is 0.159. The molecule has 0 aromatic rings. The van der Waals surface area contributed by atoms with E-state index in [1.165, 1.54) is 25.7 Å². The van der Waals surface area contributed by atoms with Gasteiger partial charge in [-0.25, -0.2) is 0 Å². The normalized spacial score (nSPS) is 51.7. The van der Waals surface area contributed by atoms with Crippen molar-refractivity contribution in [2.75, 3.05) is 0 Å². The second-order valence-electron chi connectivity index (χ2n) is 11.7. The van der Waals surface area contributed by atoms with Gasteiger partial charge in [-0.1, -0.05) is 20.8 Å². The molecular formula is C25H42O3. The van der Waals surface area contributed by atoms with Crippen LogP contribution in [0, 0.1) is 46.3 Å². The van der Waals surface area contributed by atoms with Crippen LogP contribution in [0.15, 0.2) is 0 Å². The molecule has 0 aromatic carbocycles. The highest BCUT2D eigenvalue weighted by molar-refractivity contribution is 5.75. The number of ketones is 1. The summed E-state index contributed by atoms with van der Waals surface area (Å²) in [4.78, 5) is 11.5. The van der Waals surface area contributed by atoms with Crippen LogP contribution < -0.4 is 0 Å². The van der Waals surface area contributed by atoms with Gasteiger partial charge in [-0.05, 0) is 111 Å². The number of rotatable bonds is 4. The first-order valence-corrected chi connectivity index (χ1v) is 12.0. The molecule has 0 aromatic heterocycles. The maximum absolute atomic E-state index is 11.5. The Labute approximate surface area is 171 Å². The molecule has 2 N–H and O–H groups in total. The zero-order valence-corrected chi connectivity index (χ0v) is 18.5. The van der Waals surface area contributed by atoms with E-state index in [1.807, 2.05) is 0 Å². The highest BCUT2D eigenvalue weighted by Gasteiger charge is 2.62. The van der Waals surface area contributed by atoms with Gasteiger partial charge in [0.05, 0.1) is 12.2 Å². The third kappa shape index (κ3) is 3.20. The molecule has 3 heteroatoms. The lowest BCUT2D eigenvalue weighted by Gasteiger charge is -2.62. The lowest BCUT2D eigenvalue weighted by atomic mass is 9.43. The SMILES string of the molecule is CC(=O)CC[C@@H](C)[C@H]1CCC2C3C(CC[C@@]21C)[C@@]1(C)CC[C@@H](O)CC1C[C@H]3O. The maximum atomic E-state index is 11.5. The van der Waals surface area contributed by atoms with Crippen LogP contribution in [0.25, 0.3) is 0 Å². The summed E-state index contributed by atoms with van der Waals surface area (Å²) in [5, 5.41) is 21.5. The smallest absolute Gasteiger partial charge is 0.129 e. The number of carbonyl (C=O) groups excluding carboxylic acids is 1. The molecule has 0 radical (unpaired) electrons. The van der Waals surface area contributed by atoms with E-state index in [9.17, 15) is 15.0 Å². The zero-order valence-electron chi connectivity index (χ0n) is 18.5. The number of Topliss-reactive ketones (excluding diaryl/α,β-unsaturated/α-hetero) is 1. The highest BCUT2D eigenvalue weighted by Crippen LogP contribution is 2.68. The summed E-state index contributed by atoms with van der Waals surface area (Å²) in [6.45, 7) is 9.08. The minimum atomic E-state index is -0.190. The number of aliphatic hydroxyl groups is 2. The molecule has 4 rings (SSSR count). The molecule has 4 saturated carbocycles. The summed E-state index contributed by atoms with van der Waals surface area (Å²) in [6.07, 6.45) is 10.3. The molecule has 4 aliphatic carbocycles. The Morgan fingerprint density at radius 2 is 1.68 bits per heavy atom. The summed E-state index contributed by atoms with van der Waals surface area (Å²) >= 11 is 0. The molecule has 4 unspecified atom stereocenters. The van der Waals surface area contributed by atoms with Crippen molar-refractivity contribution in [3.8, 4) is 0 Å². The average Bonchev–Trinajstić information content (AvgIpc) is 2.98. The van der Waals surface area contributed by atoms with Crippen molar-refractivity contribution in [3.05, 3.63) is 0 Å². The molecule has 28 heavy (non-hydrogen) atoms. The Hall–Kier alpha value is -0.410. The van der Waals surface area contributed by atoms with Gasteiger partial charge in [-0.2, -0.15) is 0 Å². The van der Waals surface area contributed by atoms with Gasteiger partial charge in [-0.3, -0.25) is 0 Å². The zero-order chi connectivity index (χ0) is 20.3. The first-order valence-electron chi connectivity index (χ1n) is 12.0. The standard InChI is InChI=1S/C25H42O3/c1-15(5-6-16(2)26)19-7-8-20-23-21(10-12-25(19,20)4)24(3)11-9-18(27)13-17(24)14-22(23)28/h15,17-23,27-28H,5-14H2,1-4H3/t15-,17?,18-,19-,20?,21?,22-,23?,24+,25-/m1/s1. The molecule has 0 heterocycles. The van der Waals surface area contributed by atoms with Gasteiger partial charge in [0, 0.05) is 6.42 Å². The quantitative estimate of drug-likeness (QED) is 0.711. The molecule has 0 aliphatic heterocycles. The fourth-order valence-corrected chi connectivity index (χ4v) is 8.81. The Morgan fingerprint density at radius 1 is 1.00 bits per heavy atom. The fourth-order valence-electron chi connectivity index (χ4n) is 8.81. The van der Waals surface area contributed by atoms with Gasteiger partial charge in [0.2, 0.25) is 0 Å². The van der Waals surface area contributed by atoms with Crippen LogP contribution in [0.2, 0.25) is 0 Å². The molecule has 10 atom stereocenters. The van der Waals surface area contributed by atoms with Crippen molar-refractivity contribution in [2.45, 2.75) is 104 Å². The van der Waals surface area contributed by atoms with Crippen molar-refractivity contribution >= 4 is 5.78 Å². The van der Waals surface area contributed by atoms with Gasteiger partial charge < -0.3 is 15.0 Å². The van der Waals surface area contributed by atoms with E-state index < -0.39 is 0 Å². The molecule has 4 aliphatic rings. The molecule has 4 fully saturated rings. The van der Waals surface area contributed by atoms with E-state index in [0.717, 1.165) is 38.5 Å². The minimum Gasteiger partial charge on any atom is -0.393 e. The summed E-state index contributed by atoms with van der Waals surface area (Å²) in [6, 6.07) is 0. The van der Waals surface area contributed by atoms with Crippen LogP contribution >= 0.6 is 0 Å². The maximum Gasteiger partial charge on any atom is 0.129 e. The molecule has 3 nitrogen and oxygen atoms in total. The van der Waals surface area contributed by atoms with E-state index in [1.54, 1.807) is 6.92 Å². The van der Waals surface area contributed by atoms with Crippen LogP contribution in [0.3, 0.4) is 0 Å². The Morgan fingerprint density at radius 3 is 2.39 bits per heavy atom. The third-order valence-electron chi connectivity index (χ3n) is 10.4. The lowest BCUT2D eigenvalue weighted by Crippen LogP contribution is -2.58. The lowest BCUT2D eigenvalue weighted by molar-refractivity contribution is -0.174. The van der Waals surface area contributed by atoms with Crippen molar-refractivity contribution in [2.24, 2.45) is 46.3 Å². The van der Waals surface area contributed by atoms with E-state index >= 15 is 0 Å². The van der Waals surface area contributed by atoms with E-state index in [2.05, 4.69) is 20.8 Å². The number of hydrogen-bond acceptors (Lipinski definition) is 3. The highest BCUT2D eigenvalue weighted by atomic mass is 16.3. The number of hydrogen-bond donors (Lipinski definition) is 2. The Bertz CT molecular complexity index is 603. The van der Waals surface area contributed by atoms with Crippen LogP contribution in [0.1, 0.15) is 91.9 Å². The van der Waals surface area contributed by atoms with Gasteiger partial charge >= 0.3 is 0 Å². The van der Waals surface area contributed by atoms with Crippen LogP contribution in [0.4, 0.5) is 0 Å². The van der Waals surface area contributed by atoms with Crippen LogP contribution in [-0.2, 0) is 4.79 Å². The third-order valence-corrected chi connectivity index (χ3v) is 10.4. The topological polar surface area (TPSA) is 57.5 Å². The molecule has 0 spiro atoms. The fraction of sp³-hybridized carbons (Fsp3) is 0.960. The second-order valence-corrected chi connectivity index (χ2v) is 11.7. The van der Waals surface area contributed by atoms with Crippen molar-refractivity contribution in [1.82, 2.24) is 0 Å². The van der Waals surface area contributed by atoms with Crippen LogP contribution in [0.5, 0.6) is 0 Å². The van der Waals surface area contributed by atoms with Gasteiger partial charge in [0.25, 0.3) is 0 Å². The summed E-state index contributed by atoms with van der Waals surface area (Å²) in [7, 11) is 0. The van der Waals surface area contributed by atoms with Crippen molar-refractivity contribution in [3.63, 3.8) is 0 Å². The Kier molecular flexibility index (Phi) is 5.49. The monoisotopic (exact) mass is 390 g/mol. The predicted molar refractivity (Wildman–Crippen MR) is 112 cm³/mol. The van der Waals surface area contributed by atoms with E-state index in [4.69, 9.17) is 0 Å².